The van der Waals surface area contributed by atoms with Gasteiger partial charge in [-0.3, -0.25) is 4.98 Å². The summed E-state index contributed by atoms with van der Waals surface area (Å²) in [4.78, 5) is 18.8. The minimum Gasteiger partial charge on any atom is -0.396 e. The SMILES string of the molecule is Cc1nc(NCC2CC2)nc(NC2C=CC(CO)C2)c1-c1nc2c(C)nccc2s1. The maximum Gasteiger partial charge on any atom is 0.224 e. The van der Waals surface area contributed by atoms with Crippen LogP contribution in [0.3, 0.4) is 0 Å². The van der Waals surface area contributed by atoms with Gasteiger partial charge in [0.25, 0.3) is 0 Å². The molecule has 3 N–H and O–H groups in total. The van der Waals surface area contributed by atoms with E-state index in [9.17, 15) is 5.11 Å². The average molecular weight is 423 g/mol. The second-order valence-electron chi connectivity index (χ2n) is 8.26. The maximum atomic E-state index is 9.48. The van der Waals surface area contributed by atoms with Gasteiger partial charge in [0, 0.05) is 31.3 Å². The largest absolute Gasteiger partial charge is 0.396 e. The van der Waals surface area contributed by atoms with Crippen LogP contribution < -0.4 is 10.6 Å². The summed E-state index contributed by atoms with van der Waals surface area (Å²) >= 11 is 1.64. The third-order valence-corrected chi connectivity index (χ3v) is 6.81. The van der Waals surface area contributed by atoms with E-state index in [4.69, 9.17) is 15.0 Å². The molecule has 7 nitrogen and oxygen atoms in total. The van der Waals surface area contributed by atoms with Crippen molar-refractivity contribution >= 4 is 33.3 Å². The number of aromatic nitrogens is 4. The Morgan fingerprint density at radius 3 is 2.73 bits per heavy atom. The zero-order valence-corrected chi connectivity index (χ0v) is 18.0. The highest BCUT2D eigenvalue weighted by Crippen LogP contribution is 2.37. The van der Waals surface area contributed by atoms with E-state index in [1.54, 1.807) is 11.3 Å². The summed E-state index contributed by atoms with van der Waals surface area (Å²) in [5.74, 6) is 2.38. The van der Waals surface area contributed by atoms with Gasteiger partial charge in [-0.2, -0.15) is 4.98 Å². The molecule has 0 aromatic carbocycles. The fourth-order valence-corrected chi connectivity index (χ4v) is 4.96. The molecule has 2 unspecified atom stereocenters. The Bertz CT molecular complexity index is 1110. The van der Waals surface area contributed by atoms with Gasteiger partial charge >= 0.3 is 0 Å². The highest BCUT2D eigenvalue weighted by Gasteiger charge is 2.25. The second-order valence-corrected chi connectivity index (χ2v) is 9.29. The number of aliphatic hydroxyl groups excluding tert-OH is 1. The molecule has 1 saturated carbocycles. The molecule has 1 fully saturated rings. The summed E-state index contributed by atoms with van der Waals surface area (Å²) < 4.78 is 1.11. The van der Waals surface area contributed by atoms with E-state index in [1.807, 2.05) is 26.1 Å². The molecule has 0 spiro atoms. The van der Waals surface area contributed by atoms with Crippen LogP contribution in [0.5, 0.6) is 0 Å². The Kier molecular flexibility index (Phi) is 5.12. The van der Waals surface area contributed by atoms with Crippen LogP contribution >= 0.6 is 11.3 Å². The first-order valence-electron chi connectivity index (χ1n) is 10.5. The van der Waals surface area contributed by atoms with Crippen LogP contribution in [0.1, 0.15) is 30.7 Å². The number of aryl methyl sites for hydroxylation is 2. The molecule has 3 aromatic rings. The number of thiazole rings is 1. The molecule has 3 aromatic heterocycles. The molecule has 3 heterocycles. The molecular weight excluding hydrogens is 396 g/mol. The Balaban J connectivity index is 1.53. The van der Waals surface area contributed by atoms with E-state index in [2.05, 4.69) is 27.8 Å². The summed E-state index contributed by atoms with van der Waals surface area (Å²) in [6, 6.07) is 2.13. The monoisotopic (exact) mass is 422 g/mol. The van der Waals surface area contributed by atoms with Crippen molar-refractivity contribution < 1.29 is 5.11 Å². The summed E-state index contributed by atoms with van der Waals surface area (Å²) in [6.45, 7) is 5.09. The van der Waals surface area contributed by atoms with Crippen LogP contribution in [0.15, 0.2) is 24.4 Å². The average Bonchev–Trinajstić information content (AvgIpc) is 3.28. The molecule has 30 heavy (non-hydrogen) atoms. The second kappa shape index (κ2) is 7.92. The van der Waals surface area contributed by atoms with Gasteiger partial charge in [-0.15, -0.1) is 11.3 Å². The van der Waals surface area contributed by atoms with Gasteiger partial charge in [0.15, 0.2) is 0 Å². The molecular formula is C22H26N6OS. The van der Waals surface area contributed by atoms with Crippen molar-refractivity contribution in [3.63, 3.8) is 0 Å². The number of rotatable bonds is 7. The third kappa shape index (κ3) is 3.89. The van der Waals surface area contributed by atoms with Crippen molar-refractivity contribution in [2.45, 2.75) is 39.2 Å². The molecule has 0 saturated heterocycles. The first-order chi connectivity index (χ1) is 14.6. The van der Waals surface area contributed by atoms with Crippen molar-refractivity contribution in [2.75, 3.05) is 23.8 Å². The molecule has 2 atom stereocenters. The lowest BCUT2D eigenvalue weighted by molar-refractivity contribution is 0.250. The predicted octanol–water partition coefficient (Wildman–Crippen LogP) is 3.94. The molecule has 0 bridgehead atoms. The molecule has 2 aliphatic carbocycles. The Labute approximate surface area is 179 Å². The molecule has 0 amide bonds. The lowest BCUT2D eigenvalue weighted by atomic mass is 10.1. The fraction of sp³-hybridized carbons (Fsp3) is 0.455. The number of fused-ring (bicyclic) bond motifs is 1. The normalized spacial score (nSPS) is 20.8. The van der Waals surface area contributed by atoms with Gasteiger partial charge in [0.05, 0.1) is 21.7 Å². The number of pyridine rings is 1. The number of nitrogens with zero attached hydrogens (tertiary/aromatic N) is 4. The van der Waals surface area contributed by atoms with E-state index in [-0.39, 0.29) is 18.6 Å². The van der Waals surface area contributed by atoms with Gasteiger partial charge in [-0.25, -0.2) is 9.97 Å². The van der Waals surface area contributed by atoms with Crippen LogP contribution in [-0.2, 0) is 0 Å². The zero-order valence-electron chi connectivity index (χ0n) is 17.2. The molecule has 156 valence electrons. The lowest BCUT2D eigenvalue weighted by Crippen LogP contribution is -2.19. The van der Waals surface area contributed by atoms with E-state index in [0.717, 1.165) is 56.9 Å². The number of hydrogen-bond acceptors (Lipinski definition) is 8. The van der Waals surface area contributed by atoms with Crippen LogP contribution in [-0.4, -0.2) is 44.2 Å². The highest BCUT2D eigenvalue weighted by atomic mass is 32.1. The van der Waals surface area contributed by atoms with E-state index in [1.165, 1.54) is 12.8 Å². The lowest BCUT2D eigenvalue weighted by Gasteiger charge is -2.18. The van der Waals surface area contributed by atoms with Crippen molar-refractivity contribution in [1.82, 2.24) is 19.9 Å². The predicted molar refractivity (Wildman–Crippen MR) is 121 cm³/mol. The van der Waals surface area contributed by atoms with Crippen molar-refractivity contribution in [2.24, 2.45) is 11.8 Å². The van der Waals surface area contributed by atoms with Crippen molar-refractivity contribution in [3.8, 4) is 10.6 Å². The van der Waals surface area contributed by atoms with Gasteiger partial charge in [0.1, 0.15) is 16.3 Å². The smallest absolute Gasteiger partial charge is 0.224 e. The van der Waals surface area contributed by atoms with E-state index < -0.39 is 0 Å². The minimum atomic E-state index is 0.129. The summed E-state index contributed by atoms with van der Waals surface area (Å²) in [6.07, 6.45) is 9.43. The summed E-state index contributed by atoms with van der Waals surface area (Å²) in [5, 5.41) is 17.4. The third-order valence-electron chi connectivity index (χ3n) is 5.77. The Morgan fingerprint density at radius 2 is 2.00 bits per heavy atom. The van der Waals surface area contributed by atoms with Crippen LogP contribution in [0.4, 0.5) is 11.8 Å². The van der Waals surface area contributed by atoms with Gasteiger partial charge in [0.2, 0.25) is 5.95 Å². The Hall–Kier alpha value is -2.58. The van der Waals surface area contributed by atoms with Gasteiger partial charge in [-0.05, 0) is 45.1 Å². The first-order valence-corrected chi connectivity index (χ1v) is 11.3. The molecule has 2 aliphatic rings. The van der Waals surface area contributed by atoms with Gasteiger partial charge < -0.3 is 15.7 Å². The number of anilines is 2. The Morgan fingerprint density at radius 1 is 1.13 bits per heavy atom. The quantitative estimate of drug-likeness (QED) is 0.496. The fourth-order valence-electron chi connectivity index (χ4n) is 3.85. The van der Waals surface area contributed by atoms with Crippen LogP contribution in [0, 0.1) is 25.7 Å². The van der Waals surface area contributed by atoms with Crippen molar-refractivity contribution in [3.05, 3.63) is 35.8 Å². The molecule has 0 radical (unpaired) electrons. The topological polar surface area (TPSA) is 95.9 Å². The number of hydrogen-bond donors (Lipinski definition) is 3. The number of aliphatic hydroxyl groups is 1. The van der Waals surface area contributed by atoms with E-state index in [0.29, 0.717) is 5.95 Å². The first kappa shape index (κ1) is 19.4. The maximum absolute atomic E-state index is 9.48. The van der Waals surface area contributed by atoms with Crippen LogP contribution in [0.25, 0.3) is 20.8 Å². The standard InChI is InChI=1S/C22H26N6OS/c1-12-18(21-27-19-13(2)23-8-7-17(19)30-21)20(26-16-6-5-15(9-16)11-29)28-22(25-12)24-10-14-3-4-14/h5-8,14-16,29H,3-4,9-11H2,1-2H3,(H2,24,25,26,28). The molecule has 5 rings (SSSR count). The minimum absolute atomic E-state index is 0.129. The summed E-state index contributed by atoms with van der Waals surface area (Å²) in [7, 11) is 0. The van der Waals surface area contributed by atoms with Crippen molar-refractivity contribution in [1.29, 1.82) is 0 Å². The molecule has 8 heteroatoms. The summed E-state index contributed by atoms with van der Waals surface area (Å²) in [5.41, 5.74) is 3.69. The van der Waals surface area contributed by atoms with E-state index >= 15 is 0 Å². The highest BCUT2D eigenvalue weighted by molar-refractivity contribution is 7.21. The van der Waals surface area contributed by atoms with Gasteiger partial charge in [-0.1, -0.05) is 12.2 Å². The van der Waals surface area contributed by atoms with Crippen LogP contribution in [0.2, 0.25) is 0 Å². The zero-order chi connectivity index (χ0) is 20.7. The molecule has 0 aliphatic heterocycles. The number of nitrogens with one attached hydrogen (secondary N) is 2.